The number of Topliss-reactive ketones (excluding diaryl/α,β-unsaturated/α-hetero) is 1. The van der Waals surface area contributed by atoms with Crippen molar-refractivity contribution in [3.05, 3.63) is 29.8 Å². The lowest BCUT2D eigenvalue weighted by Gasteiger charge is -2.36. The molecular weight excluding hydrogens is 448 g/mol. The number of carbonyl (C=O) groups is 3. The molecular formula is C26H38N4O5. The van der Waals surface area contributed by atoms with Gasteiger partial charge in [0.2, 0.25) is 5.91 Å². The topological polar surface area (TPSA) is 102 Å². The maximum absolute atomic E-state index is 13.4. The van der Waals surface area contributed by atoms with Gasteiger partial charge in [-0.1, -0.05) is 20.8 Å². The fraction of sp³-hybridized carbons (Fsp3) is 0.654. The molecule has 3 aliphatic rings. The van der Waals surface area contributed by atoms with E-state index in [0.717, 1.165) is 44.8 Å². The summed E-state index contributed by atoms with van der Waals surface area (Å²) in [4.78, 5) is 44.9. The van der Waals surface area contributed by atoms with E-state index in [4.69, 9.17) is 4.74 Å². The second-order valence-corrected chi connectivity index (χ2v) is 10.3. The molecule has 192 valence electrons. The number of fused-ring (bicyclic) bond motifs is 1. The van der Waals surface area contributed by atoms with Crippen molar-refractivity contribution in [3.63, 3.8) is 0 Å². The summed E-state index contributed by atoms with van der Waals surface area (Å²) in [6.07, 6.45) is 0.0118. The Balaban J connectivity index is 1.40. The molecule has 0 radical (unpaired) electrons. The van der Waals surface area contributed by atoms with Gasteiger partial charge in [0, 0.05) is 37.4 Å². The first-order valence-electron chi connectivity index (χ1n) is 12.8. The molecule has 3 aliphatic heterocycles. The Hall–Kier alpha value is -2.49. The van der Waals surface area contributed by atoms with E-state index in [9.17, 15) is 19.5 Å². The fourth-order valence-electron chi connectivity index (χ4n) is 5.36. The van der Waals surface area contributed by atoms with Gasteiger partial charge in [-0.25, -0.2) is 0 Å². The van der Waals surface area contributed by atoms with Crippen LogP contribution in [0.1, 0.15) is 44.0 Å². The Morgan fingerprint density at radius 1 is 1.14 bits per heavy atom. The van der Waals surface area contributed by atoms with Gasteiger partial charge in [-0.05, 0) is 49.6 Å². The van der Waals surface area contributed by atoms with Crippen molar-refractivity contribution >= 4 is 23.3 Å². The Morgan fingerprint density at radius 2 is 1.83 bits per heavy atom. The number of nitrogens with one attached hydrogen (secondary N) is 1. The number of ether oxygens (including phenoxy) is 1. The lowest BCUT2D eigenvalue weighted by molar-refractivity contribution is -0.138. The number of amides is 2. The zero-order valence-corrected chi connectivity index (χ0v) is 21.0. The number of β-amino-alcohol motifs (C(OH)–C–C–N with tert-alkyl or cyclic N) is 1. The number of benzene rings is 1. The maximum atomic E-state index is 13.4. The van der Waals surface area contributed by atoms with Crippen molar-refractivity contribution in [2.75, 3.05) is 50.8 Å². The molecule has 3 fully saturated rings. The molecule has 1 aromatic carbocycles. The van der Waals surface area contributed by atoms with E-state index in [0.29, 0.717) is 12.0 Å². The summed E-state index contributed by atoms with van der Waals surface area (Å²) in [5, 5.41) is 13.2. The quantitative estimate of drug-likeness (QED) is 0.563. The number of aliphatic hydroxyl groups excluding tert-OH is 1. The molecule has 3 saturated heterocycles. The molecule has 9 nitrogen and oxygen atoms in total. The van der Waals surface area contributed by atoms with Crippen LogP contribution in [0.2, 0.25) is 0 Å². The van der Waals surface area contributed by atoms with Gasteiger partial charge in [0.15, 0.2) is 5.78 Å². The number of ketones is 1. The van der Waals surface area contributed by atoms with Crippen molar-refractivity contribution in [2.45, 2.75) is 57.9 Å². The Bertz CT molecular complexity index is 913. The second-order valence-electron chi connectivity index (χ2n) is 10.3. The standard InChI is InChI=1S/C26H38N4O5/c1-4-9-28-10-12-29(13-11-28)19-7-5-18(6-8-19)25(33)27-20(14-17(2)3)26(34)30-15-21(31)24-23(30)22(32)16-35-24/h5-8,17,20-21,23-24,31H,4,9-16H2,1-3H3,(H,27,33)/t20?,21-,23+,24+/m0/s1. The van der Waals surface area contributed by atoms with E-state index in [1.807, 2.05) is 26.0 Å². The van der Waals surface area contributed by atoms with Crippen molar-refractivity contribution in [2.24, 2.45) is 5.92 Å². The molecule has 2 amide bonds. The Labute approximate surface area is 207 Å². The molecule has 0 saturated carbocycles. The van der Waals surface area contributed by atoms with Gasteiger partial charge < -0.3 is 25.0 Å². The van der Waals surface area contributed by atoms with E-state index in [2.05, 4.69) is 22.0 Å². The number of hydrogen-bond acceptors (Lipinski definition) is 7. The summed E-state index contributed by atoms with van der Waals surface area (Å²) < 4.78 is 5.38. The van der Waals surface area contributed by atoms with Crippen LogP contribution in [0.5, 0.6) is 0 Å². The lowest BCUT2D eigenvalue weighted by Crippen LogP contribution is -2.52. The van der Waals surface area contributed by atoms with Crippen molar-refractivity contribution in [1.29, 1.82) is 0 Å². The van der Waals surface area contributed by atoms with Gasteiger partial charge in [0.25, 0.3) is 5.91 Å². The summed E-state index contributed by atoms with van der Waals surface area (Å²) in [6, 6.07) is 5.95. The number of hydrogen-bond donors (Lipinski definition) is 2. The van der Waals surface area contributed by atoms with Crippen LogP contribution in [0.4, 0.5) is 5.69 Å². The average molecular weight is 487 g/mol. The number of nitrogens with zero attached hydrogens (tertiary/aromatic N) is 3. The van der Waals surface area contributed by atoms with Crippen molar-refractivity contribution < 1.29 is 24.2 Å². The van der Waals surface area contributed by atoms with Gasteiger partial charge in [-0.2, -0.15) is 0 Å². The minimum Gasteiger partial charge on any atom is -0.388 e. The molecule has 35 heavy (non-hydrogen) atoms. The van der Waals surface area contributed by atoms with Crippen LogP contribution in [-0.4, -0.2) is 103 Å². The predicted octanol–water partition coefficient (Wildman–Crippen LogP) is 0.903. The van der Waals surface area contributed by atoms with Gasteiger partial charge in [-0.15, -0.1) is 0 Å². The van der Waals surface area contributed by atoms with Crippen LogP contribution in [0, 0.1) is 5.92 Å². The van der Waals surface area contributed by atoms with Crippen LogP contribution in [-0.2, 0) is 14.3 Å². The van der Waals surface area contributed by atoms with Gasteiger partial charge in [0.05, 0.1) is 6.54 Å². The maximum Gasteiger partial charge on any atom is 0.251 e. The molecule has 2 N–H and O–H groups in total. The molecule has 1 aromatic rings. The molecule has 0 spiro atoms. The average Bonchev–Trinajstić information content (AvgIpc) is 3.39. The highest BCUT2D eigenvalue weighted by atomic mass is 16.5. The number of carbonyl (C=O) groups excluding carboxylic acids is 3. The highest BCUT2D eigenvalue weighted by Crippen LogP contribution is 2.29. The van der Waals surface area contributed by atoms with E-state index in [1.54, 1.807) is 12.1 Å². The molecule has 0 aliphatic carbocycles. The minimum atomic E-state index is -0.901. The van der Waals surface area contributed by atoms with E-state index >= 15 is 0 Å². The first-order valence-corrected chi connectivity index (χ1v) is 12.8. The highest BCUT2D eigenvalue weighted by molar-refractivity contribution is 5.99. The molecule has 4 rings (SSSR count). The summed E-state index contributed by atoms with van der Waals surface area (Å²) in [5.74, 6) is -0.731. The molecule has 0 aromatic heterocycles. The third kappa shape index (κ3) is 5.68. The molecule has 0 bridgehead atoms. The Kier molecular flexibility index (Phi) is 8.09. The monoisotopic (exact) mass is 486 g/mol. The summed E-state index contributed by atoms with van der Waals surface area (Å²) in [5.41, 5.74) is 1.57. The summed E-state index contributed by atoms with van der Waals surface area (Å²) in [7, 11) is 0. The number of piperazine rings is 1. The first kappa shape index (κ1) is 25.6. The number of aliphatic hydroxyl groups is 1. The molecule has 3 heterocycles. The predicted molar refractivity (Wildman–Crippen MR) is 132 cm³/mol. The third-order valence-electron chi connectivity index (χ3n) is 7.16. The minimum absolute atomic E-state index is 0.0323. The highest BCUT2D eigenvalue weighted by Gasteiger charge is 2.52. The Morgan fingerprint density at radius 3 is 2.46 bits per heavy atom. The first-order chi connectivity index (χ1) is 16.8. The molecule has 9 heteroatoms. The van der Waals surface area contributed by atoms with Crippen LogP contribution in [0.25, 0.3) is 0 Å². The summed E-state index contributed by atoms with van der Waals surface area (Å²) >= 11 is 0. The fourth-order valence-corrected chi connectivity index (χ4v) is 5.36. The SMILES string of the molecule is CCCN1CCN(c2ccc(C(=O)NC(CC(C)C)C(=O)N3C[C@H](O)[C@H]4OCC(=O)[C@H]43)cc2)CC1. The van der Waals surface area contributed by atoms with E-state index in [1.165, 1.54) is 4.90 Å². The van der Waals surface area contributed by atoms with Crippen molar-refractivity contribution in [1.82, 2.24) is 15.1 Å². The van der Waals surface area contributed by atoms with Gasteiger partial charge in [-0.3, -0.25) is 19.3 Å². The van der Waals surface area contributed by atoms with Crippen LogP contribution < -0.4 is 10.2 Å². The largest absolute Gasteiger partial charge is 0.388 e. The van der Waals surface area contributed by atoms with Gasteiger partial charge in [0.1, 0.15) is 30.9 Å². The third-order valence-corrected chi connectivity index (χ3v) is 7.16. The number of likely N-dealkylation sites (tertiary alicyclic amines) is 1. The molecule has 4 atom stereocenters. The molecule has 1 unspecified atom stereocenters. The normalized spacial score (nSPS) is 25.7. The lowest BCUT2D eigenvalue weighted by atomic mass is 10.0. The van der Waals surface area contributed by atoms with Gasteiger partial charge >= 0.3 is 0 Å². The smallest absolute Gasteiger partial charge is 0.251 e. The number of anilines is 1. The van der Waals surface area contributed by atoms with Crippen molar-refractivity contribution in [3.8, 4) is 0 Å². The van der Waals surface area contributed by atoms with Crippen LogP contribution in [0.3, 0.4) is 0 Å². The van der Waals surface area contributed by atoms with E-state index < -0.39 is 24.3 Å². The zero-order chi connectivity index (χ0) is 25.1. The van der Waals surface area contributed by atoms with Crippen LogP contribution in [0.15, 0.2) is 24.3 Å². The summed E-state index contributed by atoms with van der Waals surface area (Å²) in [6.45, 7) is 11.2. The van der Waals surface area contributed by atoms with E-state index in [-0.39, 0.29) is 36.7 Å². The second kappa shape index (κ2) is 11.1. The van der Waals surface area contributed by atoms with Crippen LogP contribution >= 0.6 is 0 Å². The zero-order valence-electron chi connectivity index (χ0n) is 21.0. The number of rotatable bonds is 8.